The number of aryl methyl sites for hydroxylation is 1. The minimum absolute atomic E-state index is 0.415. The number of piperazine rings is 1. The van der Waals surface area contributed by atoms with E-state index in [4.69, 9.17) is 4.42 Å². The Labute approximate surface area is 154 Å². The lowest BCUT2D eigenvalue weighted by molar-refractivity contribution is 0.386. The molecular weight excluding hydrogens is 374 g/mol. The molecule has 1 N–H and O–H groups in total. The summed E-state index contributed by atoms with van der Waals surface area (Å²) >= 11 is 1.35. The third-order valence-electron chi connectivity index (χ3n) is 4.59. The first-order valence-electron chi connectivity index (χ1n) is 8.44. The van der Waals surface area contributed by atoms with Gasteiger partial charge in [0, 0.05) is 42.8 Å². The predicted octanol–water partition coefficient (Wildman–Crippen LogP) is 2.26. The van der Waals surface area contributed by atoms with Crippen LogP contribution in [-0.2, 0) is 16.4 Å². The number of hydrogen-bond acceptors (Lipinski definition) is 6. The summed E-state index contributed by atoms with van der Waals surface area (Å²) in [5.41, 5.74) is 2.08. The topological polar surface area (TPSA) is 86.6 Å². The van der Waals surface area contributed by atoms with Gasteiger partial charge >= 0.3 is 5.76 Å². The number of benzene rings is 1. The van der Waals surface area contributed by atoms with E-state index in [9.17, 15) is 13.2 Å². The first-order chi connectivity index (χ1) is 12.5. The molecule has 4 rings (SSSR count). The lowest BCUT2D eigenvalue weighted by Crippen LogP contribution is -2.48. The maximum Gasteiger partial charge on any atom is 0.417 e. The van der Waals surface area contributed by atoms with E-state index >= 15 is 0 Å². The zero-order valence-electron chi connectivity index (χ0n) is 14.3. The first kappa shape index (κ1) is 17.3. The summed E-state index contributed by atoms with van der Waals surface area (Å²) in [6.45, 7) is 4.05. The second-order valence-corrected chi connectivity index (χ2v) is 9.49. The molecule has 0 unspecified atom stereocenters. The lowest BCUT2D eigenvalue weighted by atomic mass is 10.2. The van der Waals surface area contributed by atoms with Gasteiger partial charge in [-0.15, -0.1) is 11.3 Å². The van der Waals surface area contributed by atoms with Gasteiger partial charge in [0.2, 0.25) is 0 Å². The van der Waals surface area contributed by atoms with Crippen molar-refractivity contribution in [3.8, 4) is 0 Å². The molecule has 1 aliphatic rings. The van der Waals surface area contributed by atoms with Crippen molar-refractivity contribution in [3.63, 3.8) is 0 Å². The Balaban J connectivity index is 1.49. The van der Waals surface area contributed by atoms with Crippen molar-refractivity contribution in [2.75, 3.05) is 31.1 Å². The van der Waals surface area contributed by atoms with Gasteiger partial charge in [0.25, 0.3) is 10.0 Å². The molecule has 1 fully saturated rings. The zero-order chi connectivity index (χ0) is 18.3. The number of sulfonamides is 1. The number of nitrogens with one attached hydrogen (secondary N) is 1. The van der Waals surface area contributed by atoms with Gasteiger partial charge in [0.15, 0.2) is 5.58 Å². The smallest absolute Gasteiger partial charge is 0.408 e. The van der Waals surface area contributed by atoms with Crippen molar-refractivity contribution < 1.29 is 12.8 Å². The molecule has 138 valence electrons. The second-order valence-electron chi connectivity index (χ2n) is 6.16. The molecule has 3 aromatic rings. The van der Waals surface area contributed by atoms with Crippen molar-refractivity contribution in [3.05, 3.63) is 45.8 Å². The molecule has 3 heterocycles. The van der Waals surface area contributed by atoms with Gasteiger partial charge in [-0.3, -0.25) is 4.98 Å². The molecule has 0 saturated carbocycles. The fourth-order valence-electron chi connectivity index (χ4n) is 3.13. The van der Waals surface area contributed by atoms with Gasteiger partial charge in [-0.05, 0) is 30.7 Å². The molecule has 1 aliphatic heterocycles. The summed E-state index contributed by atoms with van der Waals surface area (Å²) in [7, 11) is -3.43. The Morgan fingerprint density at radius 2 is 1.92 bits per heavy atom. The highest BCUT2D eigenvalue weighted by atomic mass is 32.2. The highest BCUT2D eigenvalue weighted by Crippen LogP contribution is 2.27. The minimum Gasteiger partial charge on any atom is -0.408 e. The molecule has 1 saturated heterocycles. The Kier molecular flexibility index (Phi) is 4.37. The monoisotopic (exact) mass is 393 g/mol. The van der Waals surface area contributed by atoms with E-state index in [-0.39, 0.29) is 0 Å². The second kappa shape index (κ2) is 6.57. The van der Waals surface area contributed by atoms with E-state index < -0.39 is 15.8 Å². The maximum absolute atomic E-state index is 12.8. The minimum atomic E-state index is -3.43. The van der Waals surface area contributed by atoms with Crippen LogP contribution in [0.5, 0.6) is 0 Å². The average Bonchev–Trinajstić information content (AvgIpc) is 3.27. The maximum atomic E-state index is 12.8. The van der Waals surface area contributed by atoms with Crippen molar-refractivity contribution in [1.29, 1.82) is 0 Å². The highest BCUT2D eigenvalue weighted by molar-refractivity contribution is 7.91. The van der Waals surface area contributed by atoms with Crippen LogP contribution in [-0.4, -0.2) is 43.9 Å². The normalized spacial score (nSPS) is 16.4. The average molecular weight is 393 g/mol. The lowest BCUT2D eigenvalue weighted by Gasteiger charge is -2.35. The van der Waals surface area contributed by atoms with Crippen molar-refractivity contribution in [2.45, 2.75) is 17.6 Å². The molecule has 9 heteroatoms. The molecular formula is C17H19N3O4S2. The standard InChI is InChI=1S/C17H19N3O4S2/c1-2-13-4-6-16(25-13)26(22,23)20-9-7-19(8-10-20)12-3-5-14-15(11-12)24-17(21)18-14/h3-6,11H,2,7-10H2,1H3,(H,18,21). The molecule has 7 nitrogen and oxygen atoms in total. The number of aromatic amines is 1. The largest absolute Gasteiger partial charge is 0.417 e. The van der Waals surface area contributed by atoms with E-state index in [2.05, 4.69) is 9.88 Å². The number of rotatable bonds is 4. The van der Waals surface area contributed by atoms with Gasteiger partial charge in [0.05, 0.1) is 5.52 Å². The molecule has 1 aromatic carbocycles. The van der Waals surface area contributed by atoms with Gasteiger partial charge < -0.3 is 9.32 Å². The Hall–Kier alpha value is -2.10. The van der Waals surface area contributed by atoms with Crippen LogP contribution in [0.2, 0.25) is 0 Å². The Morgan fingerprint density at radius 1 is 1.15 bits per heavy atom. The molecule has 0 bridgehead atoms. The van der Waals surface area contributed by atoms with Crippen LogP contribution < -0.4 is 10.7 Å². The summed E-state index contributed by atoms with van der Waals surface area (Å²) < 4.78 is 32.7. The SMILES string of the molecule is CCc1ccc(S(=O)(=O)N2CCN(c3ccc4[nH]c(=O)oc4c3)CC2)s1. The first-order valence-corrected chi connectivity index (χ1v) is 10.7. The van der Waals surface area contributed by atoms with Crippen molar-refractivity contribution in [2.24, 2.45) is 0 Å². The summed E-state index contributed by atoms with van der Waals surface area (Å²) in [5.74, 6) is -0.476. The van der Waals surface area contributed by atoms with E-state index in [0.29, 0.717) is 41.5 Å². The van der Waals surface area contributed by atoms with E-state index in [1.165, 1.54) is 11.3 Å². The number of fused-ring (bicyclic) bond motifs is 1. The van der Waals surface area contributed by atoms with E-state index in [0.717, 1.165) is 17.0 Å². The number of anilines is 1. The van der Waals surface area contributed by atoms with Gasteiger partial charge in [-0.25, -0.2) is 13.2 Å². The van der Waals surface area contributed by atoms with Gasteiger partial charge in [-0.2, -0.15) is 4.31 Å². The van der Waals surface area contributed by atoms with E-state index in [1.54, 1.807) is 16.4 Å². The molecule has 0 spiro atoms. The Bertz CT molecular complexity index is 1090. The van der Waals surface area contributed by atoms with Crippen LogP contribution in [0, 0.1) is 0 Å². The molecule has 26 heavy (non-hydrogen) atoms. The van der Waals surface area contributed by atoms with Crippen molar-refractivity contribution in [1.82, 2.24) is 9.29 Å². The fourth-order valence-corrected chi connectivity index (χ4v) is 6.00. The molecule has 0 atom stereocenters. The van der Waals surface area contributed by atoms with Crippen LogP contribution in [0.1, 0.15) is 11.8 Å². The predicted molar refractivity (Wildman–Crippen MR) is 102 cm³/mol. The van der Waals surface area contributed by atoms with Crippen molar-refractivity contribution >= 4 is 38.1 Å². The van der Waals surface area contributed by atoms with Crippen LogP contribution in [0.3, 0.4) is 0 Å². The van der Waals surface area contributed by atoms with Crippen LogP contribution in [0.25, 0.3) is 11.1 Å². The number of aromatic nitrogens is 1. The molecule has 0 radical (unpaired) electrons. The summed E-state index contributed by atoms with van der Waals surface area (Å²) in [6, 6.07) is 9.10. The van der Waals surface area contributed by atoms with Crippen LogP contribution >= 0.6 is 11.3 Å². The Morgan fingerprint density at radius 3 is 2.62 bits per heavy atom. The zero-order valence-corrected chi connectivity index (χ0v) is 15.9. The highest BCUT2D eigenvalue weighted by Gasteiger charge is 2.29. The van der Waals surface area contributed by atoms with Gasteiger partial charge in [0.1, 0.15) is 4.21 Å². The molecule has 2 aromatic heterocycles. The van der Waals surface area contributed by atoms with Crippen LogP contribution in [0.15, 0.2) is 43.8 Å². The van der Waals surface area contributed by atoms with E-state index in [1.807, 2.05) is 25.1 Å². The number of oxazole rings is 1. The number of nitrogens with zero attached hydrogens (tertiary/aromatic N) is 2. The third-order valence-corrected chi connectivity index (χ3v) is 8.18. The third kappa shape index (κ3) is 3.06. The van der Waals surface area contributed by atoms with Gasteiger partial charge in [-0.1, -0.05) is 6.92 Å². The summed E-state index contributed by atoms with van der Waals surface area (Å²) in [6.07, 6.45) is 0.839. The number of H-pyrrole nitrogens is 1. The number of thiophene rings is 1. The fraction of sp³-hybridized carbons (Fsp3) is 0.353. The summed E-state index contributed by atoms with van der Waals surface area (Å²) in [5, 5.41) is 0. The molecule has 0 aliphatic carbocycles. The molecule has 0 amide bonds. The van der Waals surface area contributed by atoms with Crippen LogP contribution in [0.4, 0.5) is 5.69 Å². The number of hydrogen-bond donors (Lipinski definition) is 1. The summed E-state index contributed by atoms with van der Waals surface area (Å²) in [4.78, 5) is 17.1. The quantitative estimate of drug-likeness (QED) is 0.735.